The molecule has 32 heavy (non-hydrogen) atoms. The first-order valence-electron chi connectivity index (χ1n) is 10.9. The van der Waals surface area contributed by atoms with E-state index in [1.165, 1.54) is 36.4 Å². The monoisotopic (exact) mass is 459 g/mol. The van der Waals surface area contributed by atoms with E-state index in [9.17, 15) is 18.4 Å². The highest BCUT2D eigenvalue weighted by Gasteiger charge is 2.37. The number of carbonyl (C=O) groups excluding carboxylic acids is 2. The number of thioether (sulfide) groups is 1. The lowest BCUT2D eigenvalue weighted by Gasteiger charge is -2.24. The van der Waals surface area contributed by atoms with E-state index >= 15 is 0 Å². The third kappa shape index (κ3) is 5.86. The molecule has 0 spiro atoms. The van der Waals surface area contributed by atoms with E-state index in [-0.39, 0.29) is 17.6 Å². The van der Waals surface area contributed by atoms with E-state index in [1.807, 2.05) is 12.1 Å². The molecular weight excluding hydrogens is 432 g/mol. The fourth-order valence-electron chi connectivity index (χ4n) is 4.02. The van der Waals surface area contributed by atoms with Gasteiger partial charge in [0.25, 0.3) is 5.91 Å². The van der Waals surface area contributed by atoms with E-state index in [1.54, 1.807) is 16.7 Å². The number of hydrogen-bond donors (Lipinski definition) is 2. The Labute approximate surface area is 190 Å². The lowest BCUT2D eigenvalue weighted by atomic mass is 10.1. The lowest BCUT2D eigenvalue weighted by Crippen LogP contribution is -2.49. The number of amides is 2. The summed E-state index contributed by atoms with van der Waals surface area (Å²) in [6.07, 6.45) is 2.96. The maximum Gasteiger partial charge on any atom is 0.251 e. The van der Waals surface area contributed by atoms with Crippen molar-refractivity contribution >= 4 is 23.6 Å². The standard InChI is InChI=1S/C24H27F2N3O2S/c25-18-7-3-16(4-8-18)20-13-21(20)27-15-32-14-22(24(31)29-11-1-2-12-29)28-23(30)17-5-9-19(26)10-6-17/h3-10,20-22,27H,1-2,11-15H2,(H,28,30)/t20-,21?,22-/m0/s1. The molecule has 0 aromatic heterocycles. The Kier molecular flexibility index (Phi) is 7.42. The molecule has 170 valence electrons. The van der Waals surface area contributed by atoms with Crippen LogP contribution in [0.4, 0.5) is 8.78 Å². The molecule has 2 N–H and O–H groups in total. The van der Waals surface area contributed by atoms with Crippen molar-refractivity contribution < 1.29 is 18.4 Å². The molecule has 0 bridgehead atoms. The second kappa shape index (κ2) is 10.4. The summed E-state index contributed by atoms with van der Waals surface area (Å²) >= 11 is 1.56. The zero-order valence-electron chi connectivity index (χ0n) is 17.7. The van der Waals surface area contributed by atoms with Gasteiger partial charge in [-0.25, -0.2) is 8.78 Å². The molecular formula is C24H27F2N3O2S. The summed E-state index contributed by atoms with van der Waals surface area (Å²) in [6.45, 7) is 1.43. The summed E-state index contributed by atoms with van der Waals surface area (Å²) < 4.78 is 26.2. The van der Waals surface area contributed by atoms with Gasteiger partial charge in [0, 0.05) is 42.2 Å². The quantitative estimate of drug-likeness (QED) is 0.445. The van der Waals surface area contributed by atoms with Crippen LogP contribution in [0.5, 0.6) is 0 Å². The first kappa shape index (κ1) is 22.7. The number of likely N-dealkylation sites (tertiary alicyclic amines) is 1. The van der Waals surface area contributed by atoms with Gasteiger partial charge in [-0.15, -0.1) is 11.8 Å². The third-order valence-corrected chi connectivity index (χ3v) is 6.89. The largest absolute Gasteiger partial charge is 0.341 e. The van der Waals surface area contributed by atoms with Crippen LogP contribution in [0.3, 0.4) is 0 Å². The minimum Gasteiger partial charge on any atom is -0.341 e. The van der Waals surface area contributed by atoms with Crippen LogP contribution in [0.1, 0.15) is 41.1 Å². The zero-order valence-corrected chi connectivity index (χ0v) is 18.5. The van der Waals surface area contributed by atoms with Gasteiger partial charge in [0.15, 0.2) is 0 Å². The Hall–Kier alpha value is -2.45. The van der Waals surface area contributed by atoms with Gasteiger partial charge in [0.05, 0.1) is 0 Å². The molecule has 4 rings (SSSR count). The molecule has 2 aromatic rings. The fraction of sp³-hybridized carbons (Fsp3) is 0.417. The van der Waals surface area contributed by atoms with Crippen LogP contribution in [0.15, 0.2) is 48.5 Å². The molecule has 1 unspecified atom stereocenters. The molecule has 8 heteroatoms. The smallest absolute Gasteiger partial charge is 0.251 e. The summed E-state index contributed by atoms with van der Waals surface area (Å²) in [5.41, 5.74) is 1.46. The van der Waals surface area contributed by atoms with E-state index in [4.69, 9.17) is 0 Å². The van der Waals surface area contributed by atoms with Gasteiger partial charge in [-0.3, -0.25) is 9.59 Å². The molecule has 1 saturated carbocycles. The topological polar surface area (TPSA) is 61.4 Å². The second-order valence-corrected chi connectivity index (χ2v) is 9.32. The average Bonchev–Trinajstić information content (AvgIpc) is 3.35. The molecule has 2 fully saturated rings. The van der Waals surface area contributed by atoms with Crippen molar-refractivity contribution in [3.63, 3.8) is 0 Å². The number of nitrogens with zero attached hydrogens (tertiary/aromatic N) is 1. The Balaban J connectivity index is 1.28. The summed E-state index contributed by atoms with van der Waals surface area (Å²) in [5, 5.41) is 6.30. The minimum atomic E-state index is -0.635. The van der Waals surface area contributed by atoms with Crippen molar-refractivity contribution in [3.05, 3.63) is 71.3 Å². The van der Waals surface area contributed by atoms with E-state index in [0.717, 1.165) is 24.8 Å². The first-order chi connectivity index (χ1) is 15.5. The first-order valence-corrected chi connectivity index (χ1v) is 12.1. The maximum atomic E-state index is 13.2. The normalized spacial score (nSPS) is 20.8. The van der Waals surface area contributed by atoms with Crippen LogP contribution in [-0.2, 0) is 4.79 Å². The highest BCUT2D eigenvalue weighted by atomic mass is 32.2. The molecule has 5 nitrogen and oxygen atoms in total. The van der Waals surface area contributed by atoms with E-state index in [2.05, 4.69) is 10.6 Å². The molecule has 1 heterocycles. The summed E-state index contributed by atoms with van der Waals surface area (Å²) in [7, 11) is 0. The SMILES string of the molecule is O=C(N[C@@H](CSCNC1C[C@H]1c1ccc(F)cc1)C(=O)N1CCCC1)c1ccc(F)cc1. The predicted molar refractivity (Wildman–Crippen MR) is 121 cm³/mol. The van der Waals surface area contributed by atoms with Crippen LogP contribution < -0.4 is 10.6 Å². The number of nitrogens with one attached hydrogen (secondary N) is 2. The summed E-state index contributed by atoms with van der Waals surface area (Å²) in [5.74, 6) is 0.395. The third-order valence-electron chi connectivity index (χ3n) is 5.95. The lowest BCUT2D eigenvalue weighted by molar-refractivity contribution is -0.131. The number of benzene rings is 2. The van der Waals surface area contributed by atoms with Crippen LogP contribution in [-0.4, -0.2) is 53.5 Å². The Morgan fingerprint density at radius 3 is 2.28 bits per heavy atom. The van der Waals surface area contributed by atoms with Crippen LogP contribution in [0.25, 0.3) is 0 Å². The molecule has 1 aliphatic carbocycles. The highest BCUT2D eigenvalue weighted by Crippen LogP contribution is 2.40. The van der Waals surface area contributed by atoms with Crippen molar-refractivity contribution in [3.8, 4) is 0 Å². The maximum absolute atomic E-state index is 13.2. The fourth-order valence-corrected chi connectivity index (χ4v) is 4.93. The van der Waals surface area contributed by atoms with Crippen molar-refractivity contribution in [1.29, 1.82) is 0 Å². The molecule has 2 aromatic carbocycles. The van der Waals surface area contributed by atoms with Crippen molar-refractivity contribution in [1.82, 2.24) is 15.5 Å². The molecule has 1 aliphatic heterocycles. The number of rotatable bonds is 9. The van der Waals surface area contributed by atoms with Crippen LogP contribution in [0, 0.1) is 11.6 Å². The van der Waals surface area contributed by atoms with E-state index < -0.39 is 11.9 Å². The molecule has 2 aliphatic rings. The van der Waals surface area contributed by atoms with Crippen molar-refractivity contribution in [2.24, 2.45) is 0 Å². The Bertz CT molecular complexity index is 933. The van der Waals surface area contributed by atoms with E-state index in [0.29, 0.717) is 42.2 Å². The molecule has 0 radical (unpaired) electrons. The summed E-state index contributed by atoms with van der Waals surface area (Å²) in [4.78, 5) is 27.4. The van der Waals surface area contributed by atoms with Gasteiger partial charge in [-0.1, -0.05) is 12.1 Å². The zero-order chi connectivity index (χ0) is 22.5. The average molecular weight is 460 g/mol. The Morgan fingerprint density at radius 2 is 1.62 bits per heavy atom. The van der Waals surface area contributed by atoms with Gasteiger partial charge in [0.2, 0.25) is 5.91 Å². The molecule has 2 amide bonds. The van der Waals surface area contributed by atoms with Crippen molar-refractivity contribution in [2.45, 2.75) is 37.3 Å². The predicted octanol–water partition coefficient (Wildman–Crippen LogP) is 3.52. The minimum absolute atomic E-state index is 0.0685. The van der Waals surface area contributed by atoms with Gasteiger partial charge < -0.3 is 15.5 Å². The van der Waals surface area contributed by atoms with Crippen LogP contribution in [0.2, 0.25) is 0 Å². The van der Waals surface area contributed by atoms with Crippen LogP contribution >= 0.6 is 11.8 Å². The van der Waals surface area contributed by atoms with Gasteiger partial charge in [-0.2, -0.15) is 0 Å². The highest BCUT2D eigenvalue weighted by molar-refractivity contribution is 7.99. The molecule has 1 saturated heterocycles. The molecule has 3 atom stereocenters. The Morgan fingerprint density at radius 1 is 1.00 bits per heavy atom. The number of halogens is 2. The van der Waals surface area contributed by atoms with Gasteiger partial charge in [-0.05, 0) is 61.2 Å². The number of hydrogen-bond acceptors (Lipinski definition) is 4. The second-order valence-electron chi connectivity index (χ2n) is 8.28. The van der Waals surface area contributed by atoms with Gasteiger partial charge >= 0.3 is 0 Å². The number of carbonyl (C=O) groups is 2. The van der Waals surface area contributed by atoms with Gasteiger partial charge in [0.1, 0.15) is 17.7 Å². The van der Waals surface area contributed by atoms with Crippen molar-refractivity contribution in [2.75, 3.05) is 24.7 Å². The summed E-state index contributed by atoms with van der Waals surface area (Å²) in [6, 6.07) is 11.6.